The fourth-order valence-electron chi connectivity index (χ4n) is 2.81. The van der Waals surface area contributed by atoms with E-state index in [4.69, 9.17) is 4.74 Å². The Hall–Kier alpha value is -2.63. The molecule has 0 atom stereocenters. The molecule has 1 N–H and O–H groups in total. The number of thioether (sulfide) groups is 1. The largest absolute Gasteiger partial charge is 0.492 e. The Labute approximate surface area is 196 Å². The van der Waals surface area contributed by atoms with Crippen molar-refractivity contribution >= 4 is 49.8 Å². The standard InChI is InChI=1S/C21H24N4O4S3/c1-4-29-18-9-7-6-8-17(18)25(32(27,28)16-12-10-15(3)11-13-16)14-19(26)22-20-23-24-21(31-20)30-5-2/h6-13H,4-5,14H2,1-3H3,(H,22,23,26). The molecule has 3 aromatic rings. The SMILES string of the molecule is CCOc1ccccc1N(CC(=O)Nc1nnc(SCC)s1)S(=O)(=O)c1ccc(C)cc1. The summed E-state index contributed by atoms with van der Waals surface area (Å²) in [5, 5.41) is 10.9. The Morgan fingerprint density at radius 1 is 1.12 bits per heavy atom. The monoisotopic (exact) mass is 492 g/mol. The fraction of sp³-hybridized carbons (Fsp3) is 0.286. The van der Waals surface area contributed by atoms with Gasteiger partial charge in [0.05, 0.1) is 17.2 Å². The van der Waals surface area contributed by atoms with Crippen LogP contribution in [0.3, 0.4) is 0 Å². The minimum Gasteiger partial charge on any atom is -0.492 e. The lowest BCUT2D eigenvalue weighted by molar-refractivity contribution is -0.114. The molecule has 170 valence electrons. The lowest BCUT2D eigenvalue weighted by Crippen LogP contribution is -2.38. The number of para-hydroxylation sites is 2. The van der Waals surface area contributed by atoms with E-state index in [1.54, 1.807) is 36.4 Å². The van der Waals surface area contributed by atoms with Crippen molar-refractivity contribution in [2.75, 3.05) is 28.5 Å². The molecule has 0 aliphatic heterocycles. The molecule has 0 saturated heterocycles. The third-order valence-corrected chi connectivity index (χ3v) is 7.88. The highest BCUT2D eigenvalue weighted by molar-refractivity contribution is 8.01. The van der Waals surface area contributed by atoms with E-state index in [0.29, 0.717) is 17.5 Å². The van der Waals surface area contributed by atoms with Gasteiger partial charge in [0.2, 0.25) is 11.0 Å². The smallest absolute Gasteiger partial charge is 0.264 e. The zero-order valence-corrected chi connectivity index (χ0v) is 20.4. The van der Waals surface area contributed by atoms with Gasteiger partial charge in [-0.1, -0.05) is 59.9 Å². The topological polar surface area (TPSA) is 101 Å². The minimum absolute atomic E-state index is 0.0831. The van der Waals surface area contributed by atoms with Gasteiger partial charge in [-0.25, -0.2) is 8.42 Å². The number of ether oxygens (including phenoxy) is 1. The number of aryl methyl sites for hydroxylation is 1. The number of rotatable bonds is 10. The highest BCUT2D eigenvalue weighted by Crippen LogP contribution is 2.33. The average Bonchev–Trinajstić information content (AvgIpc) is 3.20. The number of carbonyl (C=O) groups excluding carboxylic acids is 1. The van der Waals surface area contributed by atoms with Crippen molar-refractivity contribution in [3.05, 3.63) is 54.1 Å². The number of nitrogens with zero attached hydrogens (tertiary/aromatic N) is 3. The van der Waals surface area contributed by atoms with Crippen molar-refractivity contribution in [1.29, 1.82) is 0 Å². The van der Waals surface area contributed by atoms with Gasteiger partial charge in [0.1, 0.15) is 12.3 Å². The fourth-order valence-corrected chi connectivity index (χ4v) is 5.91. The summed E-state index contributed by atoms with van der Waals surface area (Å²) in [6.45, 7) is 5.58. The molecule has 0 unspecified atom stereocenters. The molecule has 3 rings (SSSR count). The molecule has 0 bridgehead atoms. The molecule has 0 spiro atoms. The third kappa shape index (κ3) is 5.78. The molecular weight excluding hydrogens is 468 g/mol. The first kappa shape index (κ1) is 24.0. The van der Waals surface area contributed by atoms with Gasteiger partial charge >= 0.3 is 0 Å². The quantitative estimate of drug-likeness (QED) is 0.334. The van der Waals surface area contributed by atoms with Gasteiger partial charge in [-0.2, -0.15) is 0 Å². The summed E-state index contributed by atoms with van der Waals surface area (Å²) in [7, 11) is -4.05. The molecule has 1 heterocycles. The zero-order valence-electron chi connectivity index (χ0n) is 17.9. The highest BCUT2D eigenvalue weighted by Gasteiger charge is 2.29. The summed E-state index contributed by atoms with van der Waals surface area (Å²) < 4.78 is 34.5. The molecule has 0 radical (unpaired) electrons. The third-order valence-electron chi connectivity index (χ3n) is 4.25. The van der Waals surface area contributed by atoms with Gasteiger partial charge in [0.25, 0.3) is 10.0 Å². The van der Waals surface area contributed by atoms with E-state index in [1.807, 2.05) is 20.8 Å². The highest BCUT2D eigenvalue weighted by atomic mass is 32.2. The summed E-state index contributed by atoms with van der Waals surface area (Å²) in [6, 6.07) is 13.2. The first-order chi connectivity index (χ1) is 15.3. The van der Waals surface area contributed by atoms with Gasteiger partial charge in [-0.3, -0.25) is 14.4 Å². The molecule has 1 amide bonds. The van der Waals surface area contributed by atoms with Crippen LogP contribution in [0.2, 0.25) is 0 Å². The Bertz CT molecular complexity index is 1160. The summed E-state index contributed by atoms with van der Waals surface area (Å²) in [5.74, 6) is 0.673. The van der Waals surface area contributed by atoms with Crippen molar-refractivity contribution in [3.63, 3.8) is 0 Å². The molecule has 0 fully saturated rings. The number of carbonyl (C=O) groups is 1. The van der Waals surface area contributed by atoms with Crippen LogP contribution in [0.1, 0.15) is 19.4 Å². The molecule has 0 aliphatic carbocycles. The number of aromatic nitrogens is 2. The predicted octanol–water partition coefficient (Wildman–Crippen LogP) is 4.19. The Kier molecular flexibility index (Phi) is 8.10. The molecule has 2 aromatic carbocycles. The van der Waals surface area contributed by atoms with E-state index in [1.165, 1.54) is 35.2 Å². The summed E-state index contributed by atoms with van der Waals surface area (Å²) >= 11 is 2.76. The number of anilines is 2. The van der Waals surface area contributed by atoms with Crippen LogP contribution < -0.4 is 14.4 Å². The van der Waals surface area contributed by atoms with Gasteiger partial charge in [0.15, 0.2) is 4.34 Å². The first-order valence-corrected chi connectivity index (χ1v) is 13.2. The van der Waals surface area contributed by atoms with Crippen molar-refractivity contribution in [3.8, 4) is 5.75 Å². The number of benzene rings is 2. The van der Waals surface area contributed by atoms with Gasteiger partial charge < -0.3 is 4.74 Å². The summed E-state index contributed by atoms with van der Waals surface area (Å²) in [4.78, 5) is 12.9. The maximum atomic E-state index is 13.5. The Morgan fingerprint density at radius 3 is 2.53 bits per heavy atom. The van der Waals surface area contributed by atoms with Crippen LogP contribution in [-0.4, -0.2) is 43.4 Å². The number of nitrogens with one attached hydrogen (secondary N) is 1. The molecule has 11 heteroatoms. The van der Waals surface area contributed by atoms with Crippen molar-refractivity contribution in [2.24, 2.45) is 0 Å². The van der Waals surface area contributed by atoms with Crippen molar-refractivity contribution in [1.82, 2.24) is 10.2 Å². The summed E-state index contributed by atoms with van der Waals surface area (Å²) in [5.41, 5.74) is 1.21. The van der Waals surface area contributed by atoms with Crippen molar-refractivity contribution in [2.45, 2.75) is 30.0 Å². The van der Waals surface area contributed by atoms with Crippen LogP contribution in [0.15, 0.2) is 57.8 Å². The molecule has 32 heavy (non-hydrogen) atoms. The Balaban J connectivity index is 1.95. The normalized spacial score (nSPS) is 11.2. The maximum Gasteiger partial charge on any atom is 0.264 e. The number of amides is 1. The van der Waals surface area contributed by atoms with Crippen LogP contribution in [0.25, 0.3) is 0 Å². The molecule has 1 aromatic heterocycles. The minimum atomic E-state index is -4.05. The van der Waals surface area contributed by atoms with E-state index in [-0.39, 0.29) is 10.6 Å². The second kappa shape index (κ2) is 10.8. The van der Waals surface area contributed by atoms with Crippen LogP contribution in [0.5, 0.6) is 5.75 Å². The van der Waals surface area contributed by atoms with Crippen LogP contribution in [0, 0.1) is 6.92 Å². The van der Waals surface area contributed by atoms with Crippen LogP contribution in [-0.2, 0) is 14.8 Å². The average molecular weight is 493 g/mol. The van der Waals surface area contributed by atoms with Crippen LogP contribution >= 0.6 is 23.1 Å². The molecule has 8 nitrogen and oxygen atoms in total. The molecule has 0 saturated carbocycles. The number of sulfonamides is 1. The first-order valence-electron chi connectivity index (χ1n) is 9.92. The number of hydrogen-bond donors (Lipinski definition) is 1. The van der Waals surface area contributed by atoms with E-state index < -0.39 is 22.5 Å². The second-order valence-electron chi connectivity index (χ2n) is 6.58. The van der Waals surface area contributed by atoms with Gasteiger partial charge in [-0.15, -0.1) is 10.2 Å². The molecular formula is C21H24N4O4S3. The van der Waals surface area contributed by atoms with E-state index in [2.05, 4.69) is 15.5 Å². The van der Waals surface area contributed by atoms with Crippen LogP contribution in [0.4, 0.5) is 10.8 Å². The molecule has 0 aliphatic rings. The van der Waals surface area contributed by atoms with E-state index in [0.717, 1.165) is 20.0 Å². The second-order valence-corrected chi connectivity index (χ2v) is 10.9. The van der Waals surface area contributed by atoms with Gasteiger partial charge in [0, 0.05) is 0 Å². The van der Waals surface area contributed by atoms with Crippen molar-refractivity contribution < 1.29 is 17.9 Å². The van der Waals surface area contributed by atoms with E-state index >= 15 is 0 Å². The summed E-state index contributed by atoms with van der Waals surface area (Å²) in [6.07, 6.45) is 0. The van der Waals surface area contributed by atoms with Gasteiger partial charge in [-0.05, 0) is 43.9 Å². The zero-order chi connectivity index (χ0) is 23.1. The number of hydrogen-bond acceptors (Lipinski definition) is 8. The Morgan fingerprint density at radius 2 is 1.84 bits per heavy atom. The van der Waals surface area contributed by atoms with E-state index in [9.17, 15) is 13.2 Å². The maximum absolute atomic E-state index is 13.5. The lowest BCUT2D eigenvalue weighted by atomic mass is 10.2. The lowest BCUT2D eigenvalue weighted by Gasteiger charge is -2.25. The predicted molar refractivity (Wildman–Crippen MR) is 128 cm³/mol.